The summed E-state index contributed by atoms with van der Waals surface area (Å²) in [6.45, 7) is 2.80. The fourth-order valence-corrected chi connectivity index (χ4v) is 2.97. The van der Waals surface area contributed by atoms with Crippen molar-refractivity contribution in [1.82, 2.24) is 10.3 Å². The third-order valence-corrected chi connectivity index (χ3v) is 4.18. The molecule has 0 bridgehead atoms. The van der Waals surface area contributed by atoms with Gasteiger partial charge in [0.2, 0.25) is 0 Å². The third kappa shape index (κ3) is 3.72. The number of hydrogen-bond donors (Lipinski definition) is 1. The van der Waals surface area contributed by atoms with Crippen LogP contribution in [0.25, 0.3) is 0 Å². The van der Waals surface area contributed by atoms with Crippen LogP contribution in [0.4, 0.5) is 4.39 Å². The van der Waals surface area contributed by atoms with Crippen LogP contribution in [-0.2, 0) is 6.54 Å². The van der Waals surface area contributed by atoms with Gasteiger partial charge < -0.3 is 5.32 Å². The molecule has 0 radical (unpaired) electrons. The van der Waals surface area contributed by atoms with E-state index in [4.69, 9.17) is 0 Å². The minimum absolute atomic E-state index is 0.192. The van der Waals surface area contributed by atoms with Crippen molar-refractivity contribution in [2.45, 2.75) is 19.5 Å². The number of benzene rings is 1. The van der Waals surface area contributed by atoms with E-state index in [2.05, 4.69) is 39.8 Å². The molecule has 0 saturated carbocycles. The van der Waals surface area contributed by atoms with Crippen molar-refractivity contribution >= 4 is 33.9 Å². The molecule has 0 fully saturated rings. The minimum atomic E-state index is -0.199. The molecule has 0 aliphatic heterocycles. The third-order valence-electron chi connectivity index (χ3n) is 2.45. The monoisotopic (exact) mass is 362 g/mol. The summed E-state index contributed by atoms with van der Waals surface area (Å²) in [6, 6.07) is 6.77. The number of thiazole rings is 1. The second-order valence-electron chi connectivity index (χ2n) is 3.71. The van der Waals surface area contributed by atoms with E-state index in [0.717, 1.165) is 17.1 Å². The molecule has 17 heavy (non-hydrogen) atoms. The van der Waals surface area contributed by atoms with Gasteiger partial charge in [0.1, 0.15) is 10.8 Å². The first-order valence-corrected chi connectivity index (χ1v) is 7.14. The van der Waals surface area contributed by atoms with E-state index in [-0.39, 0.29) is 11.9 Å². The van der Waals surface area contributed by atoms with Gasteiger partial charge in [-0.2, -0.15) is 0 Å². The lowest BCUT2D eigenvalue weighted by atomic mass is 10.1. The molecule has 5 heteroatoms. The molecule has 1 aromatic heterocycles. The van der Waals surface area contributed by atoms with Crippen LogP contribution in [0.5, 0.6) is 0 Å². The fraction of sp³-hybridized carbons (Fsp3) is 0.250. The van der Waals surface area contributed by atoms with Gasteiger partial charge in [-0.15, -0.1) is 11.3 Å². The summed E-state index contributed by atoms with van der Waals surface area (Å²) in [5.74, 6) is -0.199. The molecular formula is C12H12FIN2S. The number of hydrogen-bond acceptors (Lipinski definition) is 3. The zero-order valence-electron chi connectivity index (χ0n) is 9.28. The Morgan fingerprint density at radius 1 is 1.41 bits per heavy atom. The Labute approximate surface area is 117 Å². The van der Waals surface area contributed by atoms with Gasteiger partial charge in [0, 0.05) is 12.6 Å². The van der Waals surface area contributed by atoms with Crippen molar-refractivity contribution in [3.63, 3.8) is 0 Å². The van der Waals surface area contributed by atoms with E-state index in [1.165, 1.54) is 15.0 Å². The fourth-order valence-electron chi connectivity index (χ4n) is 1.48. The quantitative estimate of drug-likeness (QED) is 0.839. The molecule has 1 heterocycles. The topological polar surface area (TPSA) is 24.9 Å². The highest BCUT2D eigenvalue weighted by Crippen LogP contribution is 2.17. The molecule has 1 N–H and O–H groups in total. The van der Waals surface area contributed by atoms with Crippen LogP contribution in [0, 0.1) is 8.70 Å². The highest BCUT2D eigenvalue weighted by Gasteiger charge is 2.06. The Morgan fingerprint density at radius 2 is 2.12 bits per heavy atom. The summed E-state index contributed by atoms with van der Waals surface area (Å²) in [4.78, 5) is 4.28. The van der Waals surface area contributed by atoms with E-state index in [0.29, 0.717) is 0 Å². The molecule has 2 rings (SSSR count). The molecule has 0 saturated heterocycles. The maximum atomic E-state index is 12.8. The Bertz CT molecular complexity index is 484. The summed E-state index contributed by atoms with van der Waals surface area (Å²) < 4.78 is 14.0. The number of nitrogens with zero attached hydrogens (tertiary/aromatic N) is 1. The van der Waals surface area contributed by atoms with E-state index in [1.807, 2.05) is 6.20 Å². The van der Waals surface area contributed by atoms with Crippen molar-refractivity contribution < 1.29 is 4.39 Å². The van der Waals surface area contributed by atoms with Crippen LogP contribution in [0.3, 0.4) is 0 Å². The van der Waals surface area contributed by atoms with E-state index >= 15 is 0 Å². The van der Waals surface area contributed by atoms with Crippen LogP contribution in [0.2, 0.25) is 0 Å². The van der Waals surface area contributed by atoms with Crippen LogP contribution in [-0.4, -0.2) is 4.98 Å². The first-order chi connectivity index (χ1) is 8.15. The molecule has 0 aliphatic rings. The lowest BCUT2D eigenvalue weighted by Gasteiger charge is -2.12. The van der Waals surface area contributed by atoms with Gasteiger partial charge in [-0.05, 0) is 47.2 Å². The van der Waals surface area contributed by atoms with Gasteiger partial charge in [-0.25, -0.2) is 9.37 Å². The molecule has 2 aromatic rings. The Kier molecular flexibility index (Phi) is 4.47. The molecule has 1 aromatic carbocycles. The summed E-state index contributed by atoms with van der Waals surface area (Å²) in [5.41, 5.74) is 1.08. The van der Waals surface area contributed by atoms with Gasteiger partial charge in [-0.3, -0.25) is 0 Å². The minimum Gasteiger partial charge on any atom is -0.304 e. The van der Waals surface area contributed by atoms with Crippen LogP contribution < -0.4 is 5.32 Å². The summed E-state index contributed by atoms with van der Waals surface area (Å²) in [5, 5.41) is 4.44. The molecule has 1 atom stereocenters. The number of rotatable bonds is 4. The molecule has 0 aliphatic carbocycles. The van der Waals surface area contributed by atoms with E-state index < -0.39 is 0 Å². The van der Waals surface area contributed by atoms with Crippen molar-refractivity contribution in [2.75, 3.05) is 0 Å². The smallest absolute Gasteiger partial charge is 0.123 e. The number of halogens is 2. The van der Waals surface area contributed by atoms with Crippen molar-refractivity contribution in [1.29, 1.82) is 0 Å². The van der Waals surface area contributed by atoms with Gasteiger partial charge in [0.25, 0.3) is 0 Å². The standard InChI is InChI=1S/C12H12FIN2S/c1-8(9-2-4-10(13)5-3-9)15-7-12-16-6-11(14)17-12/h2-6,8,15H,7H2,1H3/t8-/m0/s1. The average Bonchev–Trinajstić information content (AvgIpc) is 2.73. The molecular weight excluding hydrogens is 350 g/mol. The second kappa shape index (κ2) is 5.88. The molecule has 0 unspecified atom stereocenters. The zero-order chi connectivity index (χ0) is 12.3. The van der Waals surface area contributed by atoms with E-state index in [9.17, 15) is 4.39 Å². The van der Waals surface area contributed by atoms with Crippen molar-refractivity contribution in [3.8, 4) is 0 Å². The lowest BCUT2D eigenvalue weighted by Crippen LogP contribution is -2.17. The van der Waals surface area contributed by atoms with Gasteiger partial charge in [0.05, 0.1) is 9.08 Å². The van der Waals surface area contributed by atoms with Crippen LogP contribution >= 0.6 is 33.9 Å². The molecule has 90 valence electrons. The normalized spacial score (nSPS) is 12.6. The molecule has 0 amide bonds. The van der Waals surface area contributed by atoms with Crippen LogP contribution in [0.1, 0.15) is 23.5 Å². The number of aromatic nitrogens is 1. The maximum absolute atomic E-state index is 12.8. The molecule has 2 nitrogen and oxygen atoms in total. The summed E-state index contributed by atoms with van der Waals surface area (Å²) >= 11 is 3.94. The Hall–Kier alpha value is -0.530. The maximum Gasteiger partial charge on any atom is 0.123 e. The second-order valence-corrected chi connectivity index (χ2v) is 6.72. The highest BCUT2D eigenvalue weighted by atomic mass is 127. The first-order valence-electron chi connectivity index (χ1n) is 5.24. The van der Waals surface area contributed by atoms with E-state index in [1.54, 1.807) is 23.5 Å². The first kappa shape index (κ1) is 12.9. The Balaban J connectivity index is 1.93. The predicted molar refractivity (Wildman–Crippen MR) is 76.5 cm³/mol. The molecule has 0 spiro atoms. The summed E-state index contributed by atoms with van der Waals surface area (Å²) in [6.07, 6.45) is 1.87. The predicted octanol–water partition coefficient (Wildman–Crippen LogP) is 3.74. The highest BCUT2D eigenvalue weighted by molar-refractivity contribution is 14.1. The zero-order valence-corrected chi connectivity index (χ0v) is 12.3. The van der Waals surface area contributed by atoms with Gasteiger partial charge in [0.15, 0.2) is 0 Å². The largest absolute Gasteiger partial charge is 0.304 e. The van der Waals surface area contributed by atoms with Crippen molar-refractivity contribution in [3.05, 3.63) is 49.7 Å². The SMILES string of the molecule is C[C@H](NCc1ncc(I)s1)c1ccc(F)cc1. The van der Waals surface area contributed by atoms with Crippen molar-refractivity contribution in [2.24, 2.45) is 0 Å². The van der Waals surface area contributed by atoms with Gasteiger partial charge in [-0.1, -0.05) is 12.1 Å². The number of nitrogens with one attached hydrogen (secondary N) is 1. The van der Waals surface area contributed by atoms with Gasteiger partial charge >= 0.3 is 0 Å². The average molecular weight is 362 g/mol. The van der Waals surface area contributed by atoms with Crippen LogP contribution in [0.15, 0.2) is 30.5 Å². The summed E-state index contributed by atoms with van der Waals surface area (Å²) in [7, 11) is 0. The lowest BCUT2D eigenvalue weighted by molar-refractivity contribution is 0.570. The Morgan fingerprint density at radius 3 is 2.71 bits per heavy atom.